The van der Waals surface area contributed by atoms with Gasteiger partial charge in [-0.2, -0.15) is 0 Å². The Kier molecular flexibility index (Phi) is 6.49. The summed E-state index contributed by atoms with van der Waals surface area (Å²) in [5.74, 6) is 2.13. The van der Waals surface area contributed by atoms with Gasteiger partial charge in [-0.25, -0.2) is 4.98 Å². The molecule has 0 spiro atoms. The largest absolute Gasteiger partial charge is 0.325 e. The maximum absolute atomic E-state index is 12.8. The van der Waals surface area contributed by atoms with Crippen molar-refractivity contribution in [3.63, 3.8) is 0 Å². The average molecular weight is 473 g/mol. The first-order valence-electron chi connectivity index (χ1n) is 11.6. The summed E-state index contributed by atoms with van der Waals surface area (Å²) in [6, 6.07) is 14.2. The maximum atomic E-state index is 12.8. The zero-order valence-electron chi connectivity index (χ0n) is 19.5. The molecule has 0 fully saturated rings. The maximum Gasteiger partial charge on any atom is 0.234 e. The second-order valence-corrected chi connectivity index (χ2v) is 9.63. The number of aryl methyl sites for hydroxylation is 3. The van der Waals surface area contributed by atoms with Crippen molar-refractivity contribution in [2.24, 2.45) is 0 Å². The highest BCUT2D eigenvalue weighted by Gasteiger charge is 2.17. The molecule has 0 bridgehead atoms. The van der Waals surface area contributed by atoms with E-state index in [4.69, 9.17) is 0 Å². The van der Waals surface area contributed by atoms with Gasteiger partial charge in [0.15, 0.2) is 11.0 Å². The molecule has 7 nitrogen and oxygen atoms in total. The number of carbonyl (C=O) groups is 1. The third kappa shape index (κ3) is 4.77. The van der Waals surface area contributed by atoms with Crippen molar-refractivity contribution in [2.45, 2.75) is 51.2 Å². The second kappa shape index (κ2) is 9.85. The highest BCUT2D eigenvalue weighted by molar-refractivity contribution is 7.99. The minimum atomic E-state index is -0.0715. The molecule has 5 rings (SSSR count). The van der Waals surface area contributed by atoms with Crippen LogP contribution in [-0.4, -0.2) is 36.0 Å². The molecule has 1 aliphatic rings. The average Bonchev–Trinajstić information content (AvgIpc) is 3.40. The third-order valence-electron chi connectivity index (χ3n) is 6.08. The molecule has 4 aromatic rings. The molecule has 2 aromatic heterocycles. The topological polar surface area (TPSA) is 77.6 Å². The summed E-state index contributed by atoms with van der Waals surface area (Å²) >= 11 is 1.43. The zero-order chi connectivity index (χ0) is 23.5. The van der Waals surface area contributed by atoms with Gasteiger partial charge in [0.2, 0.25) is 5.91 Å². The Morgan fingerprint density at radius 1 is 1.09 bits per heavy atom. The highest BCUT2D eigenvalue weighted by atomic mass is 32.2. The predicted molar refractivity (Wildman–Crippen MR) is 135 cm³/mol. The lowest BCUT2D eigenvalue weighted by Crippen LogP contribution is -2.14. The predicted octanol–water partition coefficient (Wildman–Crippen LogP) is 5.20. The number of carbonyl (C=O) groups excluding carboxylic acids is 1. The first-order valence-corrected chi connectivity index (χ1v) is 12.6. The number of rotatable bonds is 6. The van der Waals surface area contributed by atoms with Crippen LogP contribution in [0.5, 0.6) is 0 Å². The lowest BCUT2D eigenvalue weighted by molar-refractivity contribution is -0.113. The van der Waals surface area contributed by atoms with Crippen LogP contribution in [-0.2, 0) is 17.8 Å². The van der Waals surface area contributed by atoms with Crippen LogP contribution in [0.1, 0.15) is 36.2 Å². The molecule has 0 radical (unpaired) electrons. The number of thioether (sulfide) groups is 1. The molecule has 34 heavy (non-hydrogen) atoms. The fraction of sp³-hybridized carbons (Fsp3) is 0.308. The Labute approximate surface area is 203 Å². The molecule has 2 aromatic carbocycles. The lowest BCUT2D eigenvalue weighted by Gasteiger charge is -2.12. The van der Waals surface area contributed by atoms with Gasteiger partial charge in [-0.15, -0.1) is 10.2 Å². The van der Waals surface area contributed by atoms with E-state index in [-0.39, 0.29) is 11.7 Å². The van der Waals surface area contributed by atoms with E-state index in [0.29, 0.717) is 0 Å². The zero-order valence-corrected chi connectivity index (χ0v) is 20.3. The van der Waals surface area contributed by atoms with Gasteiger partial charge < -0.3 is 9.88 Å². The summed E-state index contributed by atoms with van der Waals surface area (Å²) in [6.45, 7) is 5.10. The number of imidazole rings is 1. The SMILES string of the molecule is Cc1ccc(C)c(-n2ccnc2SCC(=O)Nc2cccc(-c3nnc4n3CCCCC4)c2)c1. The molecule has 0 saturated carbocycles. The standard InChI is InChI=1S/C26H28N6OS/c1-18-10-11-19(2)22(15-18)31-14-12-27-26(31)34-17-24(33)28-21-8-6-7-20(16-21)25-30-29-23-9-4-3-5-13-32(23)25/h6-8,10-12,14-16H,3-5,9,13,17H2,1-2H3,(H,28,33). The summed E-state index contributed by atoms with van der Waals surface area (Å²) < 4.78 is 4.26. The van der Waals surface area contributed by atoms with Crippen LogP contribution in [0.2, 0.25) is 0 Å². The Bertz CT molecular complexity index is 1320. The summed E-state index contributed by atoms with van der Waals surface area (Å²) in [7, 11) is 0. The van der Waals surface area contributed by atoms with Crippen LogP contribution in [0.4, 0.5) is 5.69 Å². The number of anilines is 1. The van der Waals surface area contributed by atoms with E-state index >= 15 is 0 Å². The van der Waals surface area contributed by atoms with Crippen molar-refractivity contribution < 1.29 is 4.79 Å². The number of nitrogens with zero attached hydrogens (tertiary/aromatic N) is 5. The fourth-order valence-corrected chi connectivity index (χ4v) is 5.09. The van der Waals surface area contributed by atoms with Crippen molar-refractivity contribution in [2.75, 3.05) is 11.1 Å². The van der Waals surface area contributed by atoms with Crippen LogP contribution in [0.25, 0.3) is 17.1 Å². The number of benzene rings is 2. The number of hydrogen-bond donors (Lipinski definition) is 1. The number of aromatic nitrogens is 5. The van der Waals surface area contributed by atoms with Gasteiger partial charge >= 0.3 is 0 Å². The number of fused-ring (bicyclic) bond motifs is 1. The van der Waals surface area contributed by atoms with E-state index in [1.54, 1.807) is 6.20 Å². The number of amides is 1. The van der Waals surface area contributed by atoms with Gasteiger partial charge in [0.25, 0.3) is 0 Å². The molecule has 174 valence electrons. The van der Waals surface area contributed by atoms with Gasteiger partial charge in [0.05, 0.1) is 11.4 Å². The molecule has 0 atom stereocenters. The molecule has 0 aliphatic carbocycles. The molecule has 1 aliphatic heterocycles. The smallest absolute Gasteiger partial charge is 0.234 e. The molecule has 1 amide bonds. The molecule has 0 saturated heterocycles. The summed E-state index contributed by atoms with van der Waals surface area (Å²) in [4.78, 5) is 17.2. The monoisotopic (exact) mass is 472 g/mol. The van der Waals surface area contributed by atoms with Crippen molar-refractivity contribution in [1.82, 2.24) is 24.3 Å². The van der Waals surface area contributed by atoms with E-state index in [2.05, 4.69) is 57.1 Å². The summed E-state index contributed by atoms with van der Waals surface area (Å²) in [6.07, 6.45) is 8.20. The Hall–Kier alpha value is -3.39. The number of hydrogen-bond acceptors (Lipinski definition) is 5. The fourth-order valence-electron chi connectivity index (χ4n) is 4.32. The molecular formula is C26H28N6OS. The van der Waals surface area contributed by atoms with E-state index in [1.807, 2.05) is 35.0 Å². The van der Waals surface area contributed by atoms with Gasteiger partial charge in [0.1, 0.15) is 5.82 Å². The van der Waals surface area contributed by atoms with Crippen molar-refractivity contribution >= 4 is 23.4 Å². The van der Waals surface area contributed by atoms with E-state index in [0.717, 1.165) is 65.1 Å². The minimum Gasteiger partial charge on any atom is -0.325 e. The second-order valence-electron chi connectivity index (χ2n) is 8.69. The van der Waals surface area contributed by atoms with Crippen LogP contribution in [0, 0.1) is 13.8 Å². The Morgan fingerprint density at radius 2 is 2.00 bits per heavy atom. The minimum absolute atomic E-state index is 0.0715. The molecule has 1 N–H and O–H groups in total. The first-order chi connectivity index (χ1) is 16.6. The van der Waals surface area contributed by atoms with E-state index < -0.39 is 0 Å². The van der Waals surface area contributed by atoms with Crippen molar-refractivity contribution in [3.05, 3.63) is 71.8 Å². The van der Waals surface area contributed by atoms with Gasteiger partial charge in [0, 0.05) is 36.6 Å². The molecule has 3 heterocycles. The van der Waals surface area contributed by atoms with Gasteiger partial charge in [-0.1, -0.05) is 42.4 Å². The number of nitrogens with one attached hydrogen (secondary N) is 1. The first kappa shape index (κ1) is 22.4. The van der Waals surface area contributed by atoms with Crippen molar-refractivity contribution in [3.8, 4) is 17.1 Å². The van der Waals surface area contributed by atoms with Crippen LogP contribution >= 0.6 is 11.8 Å². The van der Waals surface area contributed by atoms with Crippen LogP contribution < -0.4 is 5.32 Å². The van der Waals surface area contributed by atoms with E-state index in [1.165, 1.54) is 23.7 Å². The Balaban J connectivity index is 1.27. The molecule has 0 unspecified atom stereocenters. The van der Waals surface area contributed by atoms with Gasteiger partial charge in [-0.3, -0.25) is 9.36 Å². The molecule has 8 heteroatoms. The van der Waals surface area contributed by atoms with Crippen molar-refractivity contribution in [1.29, 1.82) is 0 Å². The lowest BCUT2D eigenvalue weighted by atomic mass is 10.1. The summed E-state index contributed by atoms with van der Waals surface area (Å²) in [5, 5.41) is 12.7. The Morgan fingerprint density at radius 3 is 2.91 bits per heavy atom. The normalized spacial score (nSPS) is 13.4. The van der Waals surface area contributed by atoms with Gasteiger partial charge in [-0.05, 0) is 56.0 Å². The third-order valence-corrected chi connectivity index (χ3v) is 7.04. The van der Waals surface area contributed by atoms with Crippen LogP contribution in [0.3, 0.4) is 0 Å². The quantitative estimate of drug-likeness (QED) is 0.390. The highest BCUT2D eigenvalue weighted by Crippen LogP contribution is 2.26. The van der Waals surface area contributed by atoms with E-state index in [9.17, 15) is 4.79 Å². The van der Waals surface area contributed by atoms with Crippen LogP contribution in [0.15, 0.2) is 60.0 Å². The molecular weight excluding hydrogens is 444 g/mol. The summed E-state index contributed by atoms with van der Waals surface area (Å²) in [5.41, 5.74) is 5.16.